The molecule has 1 atom stereocenters. The molecule has 1 unspecified atom stereocenters. The van der Waals surface area contributed by atoms with Gasteiger partial charge < -0.3 is 5.32 Å². The summed E-state index contributed by atoms with van der Waals surface area (Å²) in [5.74, 6) is 0.214. The van der Waals surface area contributed by atoms with Crippen LogP contribution in [0.25, 0.3) is 0 Å². The van der Waals surface area contributed by atoms with Crippen LogP contribution in [0.2, 0.25) is 0 Å². The van der Waals surface area contributed by atoms with Gasteiger partial charge in [-0.1, -0.05) is 38.3 Å². The quantitative estimate of drug-likeness (QED) is 0.815. The number of hydrogen-bond acceptors (Lipinski definition) is 1. The van der Waals surface area contributed by atoms with Crippen LogP contribution in [0.3, 0.4) is 0 Å². The third-order valence-electron chi connectivity index (χ3n) is 4.56. The van der Waals surface area contributed by atoms with E-state index in [4.69, 9.17) is 0 Å². The molecule has 1 amide bonds. The fourth-order valence-electron chi connectivity index (χ4n) is 3.59. The van der Waals surface area contributed by atoms with Crippen molar-refractivity contribution in [2.24, 2.45) is 5.41 Å². The molecule has 2 nitrogen and oxygen atoms in total. The van der Waals surface area contributed by atoms with E-state index in [1.54, 1.807) is 0 Å². The van der Waals surface area contributed by atoms with Gasteiger partial charge in [0.25, 0.3) is 0 Å². The van der Waals surface area contributed by atoms with E-state index < -0.39 is 0 Å². The molecule has 0 saturated heterocycles. The summed E-state index contributed by atoms with van der Waals surface area (Å²) in [6.07, 6.45) is 6.15. The number of hydrogen-bond donors (Lipinski definition) is 1. The fourth-order valence-corrected chi connectivity index (χ4v) is 4.07. The Morgan fingerprint density at radius 1 is 1.28 bits per heavy atom. The molecular formula is C15H18BrNO. The van der Waals surface area contributed by atoms with E-state index in [2.05, 4.69) is 34.2 Å². The largest absolute Gasteiger partial charge is 0.324 e. The molecule has 1 N–H and O–H groups in total. The Morgan fingerprint density at radius 3 is 2.72 bits per heavy atom. The number of carbonyl (C=O) groups excluding carboxylic acids is 1. The third kappa shape index (κ3) is 1.80. The zero-order chi connectivity index (χ0) is 12.8. The van der Waals surface area contributed by atoms with Crippen LogP contribution in [0.15, 0.2) is 22.7 Å². The summed E-state index contributed by atoms with van der Waals surface area (Å²) in [5.41, 5.74) is 2.30. The summed E-state index contributed by atoms with van der Waals surface area (Å²) in [4.78, 5) is 12.4. The standard InChI is InChI=1S/C15H18BrNO/c1-15(8-3-2-4-9-15)12-10-6-5-7-11(16)13(10)17-14(12)18/h5-7,12H,2-4,8-9H2,1H3,(H,17,18). The number of para-hydroxylation sites is 1. The maximum absolute atomic E-state index is 12.4. The average Bonchev–Trinajstić information content (AvgIpc) is 2.68. The van der Waals surface area contributed by atoms with Gasteiger partial charge >= 0.3 is 0 Å². The molecular weight excluding hydrogens is 290 g/mol. The summed E-state index contributed by atoms with van der Waals surface area (Å²) in [6, 6.07) is 6.12. The van der Waals surface area contributed by atoms with Gasteiger partial charge in [-0.2, -0.15) is 0 Å². The van der Waals surface area contributed by atoms with Crippen LogP contribution in [0.1, 0.15) is 50.5 Å². The normalized spacial score (nSPS) is 25.7. The minimum absolute atomic E-state index is 0.0327. The zero-order valence-corrected chi connectivity index (χ0v) is 12.2. The summed E-state index contributed by atoms with van der Waals surface area (Å²) in [6.45, 7) is 2.28. The number of carbonyl (C=O) groups is 1. The maximum atomic E-state index is 12.4. The molecule has 1 fully saturated rings. The summed E-state index contributed by atoms with van der Waals surface area (Å²) < 4.78 is 0.996. The molecule has 0 bridgehead atoms. The first-order valence-electron chi connectivity index (χ1n) is 6.71. The molecule has 2 aliphatic rings. The van der Waals surface area contributed by atoms with Crippen LogP contribution >= 0.6 is 15.9 Å². The minimum Gasteiger partial charge on any atom is -0.324 e. The van der Waals surface area contributed by atoms with E-state index in [1.807, 2.05) is 12.1 Å². The first-order valence-corrected chi connectivity index (χ1v) is 7.50. The number of nitrogens with one attached hydrogen (secondary N) is 1. The molecule has 0 aromatic heterocycles. The van der Waals surface area contributed by atoms with Crippen LogP contribution in [-0.2, 0) is 4.79 Å². The van der Waals surface area contributed by atoms with Gasteiger partial charge in [0, 0.05) is 4.47 Å². The van der Waals surface area contributed by atoms with Crippen LogP contribution < -0.4 is 5.32 Å². The Balaban J connectivity index is 2.03. The van der Waals surface area contributed by atoms with Crippen LogP contribution in [0.4, 0.5) is 5.69 Å². The van der Waals surface area contributed by atoms with Crippen molar-refractivity contribution < 1.29 is 4.79 Å². The Bertz CT molecular complexity index is 491. The number of amides is 1. The second-order valence-corrected chi connectivity index (χ2v) is 6.70. The molecule has 1 saturated carbocycles. The number of anilines is 1. The van der Waals surface area contributed by atoms with Gasteiger partial charge in [-0.25, -0.2) is 0 Å². The number of rotatable bonds is 1. The summed E-state index contributed by atoms with van der Waals surface area (Å²) in [5, 5.41) is 3.05. The topological polar surface area (TPSA) is 29.1 Å². The SMILES string of the molecule is CC1(C2C(=O)Nc3c(Br)cccc32)CCCCC1. The monoisotopic (exact) mass is 307 g/mol. The second kappa shape index (κ2) is 4.37. The highest BCUT2D eigenvalue weighted by atomic mass is 79.9. The van der Waals surface area contributed by atoms with Crippen molar-refractivity contribution >= 4 is 27.5 Å². The number of halogens is 1. The van der Waals surface area contributed by atoms with Gasteiger partial charge in [-0.15, -0.1) is 0 Å². The van der Waals surface area contributed by atoms with E-state index in [1.165, 1.54) is 24.8 Å². The lowest BCUT2D eigenvalue weighted by atomic mass is 9.65. The highest BCUT2D eigenvalue weighted by Gasteiger charge is 2.45. The van der Waals surface area contributed by atoms with Gasteiger partial charge in [-0.05, 0) is 45.8 Å². The first kappa shape index (κ1) is 12.2. The zero-order valence-electron chi connectivity index (χ0n) is 10.6. The molecule has 1 heterocycles. The van der Waals surface area contributed by atoms with E-state index in [0.717, 1.165) is 23.0 Å². The Morgan fingerprint density at radius 2 is 2.00 bits per heavy atom. The molecule has 96 valence electrons. The maximum Gasteiger partial charge on any atom is 0.232 e. The summed E-state index contributed by atoms with van der Waals surface area (Å²) >= 11 is 3.53. The lowest BCUT2D eigenvalue weighted by molar-refractivity contribution is -0.120. The van der Waals surface area contributed by atoms with E-state index in [-0.39, 0.29) is 17.2 Å². The average molecular weight is 308 g/mol. The Hall–Kier alpha value is -0.830. The molecule has 1 aromatic rings. The van der Waals surface area contributed by atoms with Crippen molar-refractivity contribution in [2.45, 2.75) is 44.9 Å². The van der Waals surface area contributed by atoms with Crippen LogP contribution in [0.5, 0.6) is 0 Å². The third-order valence-corrected chi connectivity index (χ3v) is 5.22. The molecule has 0 radical (unpaired) electrons. The molecule has 0 spiro atoms. The van der Waals surface area contributed by atoms with Crippen LogP contribution in [0, 0.1) is 5.41 Å². The van der Waals surface area contributed by atoms with Crippen molar-refractivity contribution in [3.8, 4) is 0 Å². The van der Waals surface area contributed by atoms with E-state index >= 15 is 0 Å². The first-order chi connectivity index (χ1) is 8.62. The molecule has 1 aliphatic carbocycles. The highest BCUT2D eigenvalue weighted by molar-refractivity contribution is 9.10. The van der Waals surface area contributed by atoms with Gasteiger partial charge in [0.1, 0.15) is 0 Å². The molecule has 1 aromatic carbocycles. The Labute approximate surface area is 116 Å². The van der Waals surface area contributed by atoms with Crippen molar-refractivity contribution in [2.75, 3.05) is 5.32 Å². The number of fused-ring (bicyclic) bond motifs is 1. The van der Waals surface area contributed by atoms with Gasteiger partial charge in [-0.3, -0.25) is 4.79 Å². The van der Waals surface area contributed by atoms with E-state index in [0.29, 0.717) is 0 Å². The molecule has 3 heteroatoms. The highest BCUT2D eigenvalue weighted by Crippen LogP contribution is 2.52. The van der Waals surface area contributed by atoms with Crippen molar-refractivity contribution in [3.05, 3.63) is 28.2 Å². The molecule has 18 heavy (non-hydrogen) atoms. The molecule has 1 aliphatic heterocycles. The smallest absolute Gasteiger partial charge is 0.232 e. The van der Waals surface area contributed by atoms with Crippen molar-refractivity contribution in [1.82, 2.24) is 0 Å². The molecule has 3 rings (SSSR count). The van der Waals surface area contributed by atoms with Crippen molar-refractivity contribution in [1.29, 1.82) is 0 Å². The number of benzene rings is 1. The fraction of sp³-hybridized carbons (Fsp3) is 0.533. The van der Waals surface area contributed by atoms with Gasteiger partial charge in [0.15, 0.2) is 0 Å². The minimum atomic E-state index is 0.0327. The lowest BCUT2D eigenvalue weighted by Crippen LogP contribution is -2.32. The van der Waals surface area contributed by atoms with Crippen molar-refractivity contribution in [3.63, 3.8) is 0 Å². The second-order valence-electron chi connectivity index (χ2n) is 5.84. The van der Waals surface area contributed by atoms with E-state index in [9.17, 15) is 4.79 Å². The predicted molar refractivity (Wildman–Crippen MR) is 76.7 cm³/mol. The lowest BCUT2D eigenvalue weighted by Gasteiger charge is -2.38. The van der Waals surface area contributed by atoms with Crippen LogP contribution in [-0.4, -0.2) is 5.91 Å². The van der Waals surface area contributed by atoms with Gasteiger partial charge in [0.05, 0.1) is 11.6 Å². The summed E-state index contributed by atoms with van der Waals surface area (Å²) in [7, 11) is 0. The Kier molecular flexibility index (Phi) is 2.97. The van der Waals surface area contributed by atoms with Gasteiger partial charge in [0.2, 0.25) is 5.91 Å². The predicted octanol–water partition coefficient (Wildman–Crippen LogP) is 4.46.